The number of carbonyl (C=O) groups is 4. The summed E-state index contributed by atoms with van der Waals surface area (Å²) in [5, 5.41) is 22.1. The number of nitrogens with one attached hydrogen (secondary N) is 4. The zero-order valence-corrected chi connectivity index (χ0v) is 22.4. The topological polar surface area (TPSA) is 137 Å². The van der Waals surface area contributed by atoms with E-state index >= 15 is 0 Å². The zero-order chi connectivity index (χ0) is 27.2. The summed E-state index contributed by atoms with van der Waals surface area (Å²) >= 11 is 0. The lowest BCUT2D eigenvalue weighted by Crippen LogP contribution is -2.57. The van der Waals surface area contributed by atoms with Crippen LogP contribution in [0.5, 0.6) is 0 Å². The SMILES string of the molecule is C[C@@H](CC(=O)N[C@@H](CC(C)(C)C)C(=O)NC(C[C@@H]1CCNC1=O)C(O)C(=O)NC1CC1)c1ccccc1. The lowest BCUT2D eigenvalue weighted by atomic mass is 9.87. The van der Waals surface area contributed by atoms with Gasteiger partial charge in [-0.25, -0.2) is 0 Å². The highest BCUT2D eigenvalue weighted by Gasteiger charge is 2.37. The fourth-order valence-corrected chi connectivity index (χ4v) is 4.68. The van der Waals surface area contributed by atoms with Gasteiger partial charge in [0.2, 0.25) is 17.7 Å². The summed E-state index contributed by atoms with van der Waals surface area (Å²) < 4.78 is 0. The highest BCUT2D eigenvalue weighted by molar-refractivity contribution is 5.89. The van der Waals surface area contributed by atoms with Crippen molar-refractivity contribution in [2.24, 2.45) is 11.3 Å². The maximum absolute atomic E-state index is 13.5. The Bertz CT molecular complexity index is 957. The molecule has 204 valence electrons. The maximum atomic E-state index is 13.5. The standard InChI is InChI=1S/C28H42N4O5/c1-17(18-8-6-5-7-9-18)14-23(33)31-22(16-28(2,3)4)26(36)32-21(15-19-12-13-29-25(19)35)24(34)27(37)30-20-10-11-20/h5-9,17,19-22,24,34H,10-16H2,1-4H3,(H,29,35)(H,30,37)(H,31,33)(H,32,36)/t17-,19-,21?,22-,24?/m0/s1. The van der Waals surface area contributed by atoms with Gasteiger partial charge in [-0.05, 0) is 49.0 Å². The van der Waals surface area contributed by atoms with Crippen LogP contribution in [0.2, 0.25) is 0 Å². The Hall–Kier alpha value is -2.94. The molecule has 1 saturated heterocycles. The Balaban J connectivity index is 1.70. The number of carbonyl (C=O) groups excluding carboxylic acids is 4. The van der Waals surface area contributed by atoms with Gasteiger partial charge in [0.1, 0.15) is 6.04 Å². The van der Waals surface area contributed by atoms with Crippen molar-refractivity contribution < 1.29 is 24.3 Å². The van der Waals surface area contributed by atoms with Gasteiger partial charge in [0.15, 0.2) is 6.10 Å². The first-order valence-electron chi connectivity index (χ1n) is 13.3. The number of rotatable bonds is 12. The number of amides is 4. The third kappa shape index (κ3) is 9.14. The molecule has 2 unspecified atom stereocenters. The third-order valence-corrected chi connectivity index (χ3v) is 6.93. The van der Waals surface area contributed by atoms with Gasteiger partial charge in [-0.3, -0.25) is 19.2 Å². The number of hydrogen-bond acceptors (Lipinski definition) is 5. The van der Waals surface area contributed by atoms with Crippen LogP contribution in [0.3, 0.4) is 0 Å². The van der Waals surface area contributed by atoms with E-state index in [1.165, 1.54) is 0 Å². The molecule has 3 rings (SSSR count). The van der Waals surface area contributed by atoms with Gasteiger partial charge in [0.25, 0.3) is 5.91 Å². The normalized spacial score (nSPS) is 20.8. The molecule has 0 spiro atoms. The molecule has 2 fully saturated rings. The molecule has 2 aliphatic rings. The van der Waals surface area contributed by atoms with Crippen LogP contribution in [-0.2, 0) is 19.2 Å². The van der Waals surface area contributed by atoms with E-state index in [9.17, 15) is 24.3 Å². The molecule has 0 radical (unpaired) electrons. The van der Waals surface area contributed by atoms with E-state index in [0.717, 1.165) is 18.4 Å². The largest absolute Gasteiger partial charge is 0.381 e. The van der Waals surface area contributed by atoms with Crippen LogP contribution in [-0.4, -0.2) is 59.5 Å². The van der Waals surface area contributed by atoms with Crippen LogP contribution < -0.4 is 21.3 Å². The molecule has 1 saturated carbocycles. The Kier molecular flexibility index (Phi) is 9.70. The van der Waals surface area contributed by atoms with Gasteiger partial charge in [-0.2, -0.15) is 0 Å². The molecule has 5 atom stereocenters. The van der Waals surface area contributed by atoms with E-state index in [-0.39, 0.29) is 42.0 Å². The molecular weight excluding hydrogens is 472 g/mol. The lowest BCUT2D eigenvalue weighted by molar-refractivity contribution is -0.135. The number of hydrogen-bond donors (Lipinski definition) is 5. The van der Waals surface area contributed by atoms with Crippen molar-refractivity contribution in [2.75, 3.05) is 6.54 Å². The molecular formula is C28H42N4O5. The summed E-state index contributed by atoms with van der Waals surface area (Å²) in [6.07, 6.45) is 1.52. The smallest absolute Gasteiger partial charge is 0.251 e. The molecule has 9 heteroatoms. The van der Waals surface area contributed by atoms with Crippen molar-refractivity contribution in [1.82, 2.24) is 21.3 Å². The molecule has 0 bridgehead atoms. The van der Waals surface area contributed by atoms with Gasteiger partial charge in [0.05, 0.1) is 6.04 Å². The summed E-state index contributed by atoms with van der Waals surface area (Å²) in [4.78, 5) is 51.2. The first-order chi connectivity index (χ1) is 17.4. The van der Waals surface area contributed by atoms with Crippen molar-refractivity contribution in [3.63, 3.8) is 0 Å². The Morgan fingerprint density at radius 1 is 1.05 bits per heavy atom. The second kappa shape index (κ2) is 12.5. The minimum Gasteiger partial charge on any atom is -0.381 e. The van der Waals surface area contributed by atoms with E-state index in [2.05, 4.69) is 21.3 Å². The van der Waals surface area contributed by atoms with Gasteiger partial charge >= 0.3 is 0 Å². The van der Waals surface area contributed by atoms with E-state index in [4.69, 9.17) is 0 Å². The quantitative estimate of drug-likeness (QED) is 0.290. The Morgan fingerprint density at radius 2 is 1.73 bits per heavy atom. The van der Waals surface area contributed by atoms with Crippen molar-refractivity contribution in [2.45, 2.75) is 96.4 Å². The molecule has 1 heterocycles. The second-order valence-electron chi connectivity index (χ2n) is 11.8. The van der Waals surface area contributed by atoms with Crippen molar-refractivity contribution in [1.29, 1.82) is 0 Å². The summed E-state index contributed by atoms with van der Waals surface area (Å²) in [7, 11) is 0. The van der Waals surface area contributed by atoms with Gasteiger partial charge in [-0.15, -0.1) is 0 Å². The van der Waals surface area contributed by atoms with E-state index in [1.807, 2.05) is 58.0 Å². The van der Waals surface area contributed by atoms with E-state index in [1.54, 1.807) is 0 Å². The lowest BCUT2D eigenvalue weighted by Gasteiger charge is -2.30. The summed E-state index contributed by atoms with van der Waals surface area (Å²) in [5.41, 5.74) is 0.762. The number of aliphatic hydroxyl groups is 1. The fourth-order valence-electron chi connectivity index (χ4n) is 4.68. The summed E-state index contributed by atoms with van der Waals surface area (Å²) in [6.45, 7) is 8.42. The molecule has 1 aromatic carbocycles. The highest BCUT2D eigenvalue weighted by atomic mass is 16.3. The number of benzene rings is 1. The third-order valence-electron chi connectivity index (χ3n) is 6.93. The molecule has 1 aromatic rings. The van der Waals surface area contributed by atoms with Crippen LogP contribution >= 0.6 is 0 Å². The van der Waals surface area contributed by atoms with Crippen LogP contribution in [0, 0.1) is 11.3 Å². The zero-order valence-electron chi connectivity index (χ0n) is 22.4. The van der Waals surface area contributed by atoms with Crippen molar-refractivity contribution in [3.05, 3.63) is 35.9 Å². The molecule has 0 aromatic heterocycles. The Morgan fingerprint density at radius 3 is 2.30 bits per heavy atom. The predicted molar refractivity (Wildman–Crippen MR) is 140 cm³/mol. The minimum absolute atomic E-state index is 0.0267. The van der Waals surface area contributed by atoms with Crippen LogP contribution in [0.15, 0.2) is 30.3 Å². The molecule has 37 heavy (non-hydrogen) atoms. The average molecular weight is 515 g/mol. The fraction of sp³-hybridized carbons (Fsp3) is 0.643. The molecule has 1 aliphatic carbocycles. The molecule has 9 nitrogen and oxygen atoms in total. The van der Waals surface area contributed by atoms with E-state index < -0.39 is 35.9 Å². The van der Waals surface area contributed by atoms with Crippen molar-refractivity contribution >= 4 is 23.6 Å². The average Bonchev–Trinajstić information content (AvgIpc) is 3.56. The number of aliphatic hydroxyl groups excluding tert-OH is 1. The molecule has 5 N–H and O–H groups in total. The first-order valence-corrected chi connectivity index (χ1v) is 13.3. The molecule has 1 aliphatic heterocycles. The van der Waals surface area contributed by atoms with E-state index in [0.29, 0.717) is 19.4 Å². The predicted octanol–water partition coefficient (Wildman–Crippen LogP) is 1.75. The van der Waals surface area contributed by atoms with Crippen LogP contribution in [0.25, 0.3) is 0 Å². The van der Waals surface area contributed by atoms with Crippen LogP contribution in [0.1, 0.15) is 77.7 Å². The first kappa shape index (κ1) is 28.6. The monoisotopic (exact) mass is 514 g/mol. The van der Waals surface area contributed by atoms with Crippen LogP contribution in [0.4, 0.5) is 0 Å². The second-order valence-corrected chi connectivity index (χ2v) is 11.8. The summed E-state index contributed by atoms with van der Waals surface area (Å²) in [5.74, 6) is -1.86. The van der Waals surface area contributed by atoms with Gasteiger partial charge < -0.3 is 26.4 Å². The van der Waals surface area contributed by atoms with Gasteiger partial charge in [0, 0.05) is 24.9 Å². The maximum Gasteiger partial charge on any atom is 0.251 e. The van der Waals surface area contributed by atoms with Gasteiger partial charge in [-0.1, -0.05) is 58.0 Å². The van der Waals surface area contributed by atoms with Crippen molar-refractivity contribution in [3.8, 4) is 0 Å². The Labute approximate surface area is 219 Å². The highest BCUT2D eigenvalue weighted by Crippen LogP contribution is 2.24. The minimum atomic E-state index is -1.50. The summed E-state index contributed by atoms with van der Waals surface area (Å²) in [6, 6.07) is 7.95. The molecule has 4 amide bonds.